The van der Waals surface area contributed by atoms with Gasteiger partial charge in [-0.05, 0) is 5.92 Å². The lowest BCUT2D eigenvalue weighted by atomic mass is 10.1. The van der Waals surface area contributed by atoms with Crippen LogP contribution in [0.2, 0.25) is 0 Å². The number of carbonyl (C=O) groups is 1. The van der Waals surface area contributed by atoms with Crippen LogP contribution in [0.25, 0.3) is 0 Å². The molecule has 0 amide bonds. The molecular formula is C7H14ClNO2. The summed E-state index contributed by atoms with van der Waals surface area (Å²) >= 11 is 5.42. The van der Waals surface area contributed by atoms with Crippen LogP contribution in [0.4, 0.5) is 0 Å². The third-order valence-electron chi connectivity index (χ3n) is 1.42. The van der Waals surface area contributed by atoms with Gasteiger partial charge in [0.05, 0.1) is 13.1 Å². The van der Waals surface area contributed by atoms with Crippen molar-refractivity contribution in [3.8, 4) is 0 Å². The summed E-state index contributed by atoms with van der Waals surface area (Å²) in [4.78, 5) is 11.0. The largest absolute Gasteiger partial charge is 0.468 e. The SMILES string of the molecule is COC(=O)[C@@H](NCCl)C(C)C. The second kappa shape index (κ2) is 5.38. The van der Waals surface area contributed by atoms with Gasteiger partial charge in [-0.3, -0.25) is 10.1 Å². The van der Waals surface area contributed by atoms with Gasteiger partial charge in [0.1, 0.15) is 6.04 Å². The summed E-state index contributed by atoms with van der Waals surface area (Å²) in [5.74, 6) is -0.0677. The Morgan fingerprint density at radius 2 is 2.18 bits per heavy atom. The van der Waals surface area contributed by atoms with Gasteiger partial charge in [0, 0.05) is 0 Å². The van der Waals surface area contributed by atoms with Gasteiger partial charge in [0.15, 0.2) is 0 Å². The molecule has 1 atom stereocenters. The maximum absolute atomic E-state index is 11.0. The lowest BCUT2D eigenvalue weighted by molar-refractivity contribution is -0.144. The number of esters is 1. The molecule has 0 aromatic carbocycles. The minimum Gasteiger partial charge on any atom is -0.468 e. The van der Waals surface area contributed by atoms with Crippen LogP contribution >= 0.6 is 11.6 Å². The number of hydrogen-bond acceptors (Lipinski definition) is 3. The summed E-state index contributed by atoms with van der Waals surface area (Å²) in [7, 11) is 1.37. The highest BCUT2D eigenvalue weighted by Gasteiger charge is 2.21. The van der Waals surface area contributed by atoms with Crippen LogP contribution in [0.3, 0.4) is 0 Å². The topological polar surface area (TPSA) is 38.3 Å². The lowest BCUT2D eigenvalue weighted by Crippen LogP contribution is -2.41. The third kappa shape index (κ3) is 3.58. The first-order chi connectivity index (χ1) is 5.13. The summed E-state index contributed by atoms with van der Waals surface area (Å²) in [6, 6.07) is -0.0321. The molecular weight excluding hydrogens is 166 g/mol. The van der Waals surface area contributed by atoms with Crippen molar-refractivity contribution in [3.63, 3.8) is 0 Å². The highest BCUT2D eigenvalue weighted by atomic mass is 35.5. The first-order valence-corrected chi connectivity index (χ1v) is 4.04. The summed E-state index contributed by atoms with van der Waals surface area (Å²) < 4.78 is 4.57. The Bertz CT molecular complexity index is 128. The van der Waals surface area contributed by atoms with Gasteiger partial charge in [0.25, 0.3) is 0 Å². The molecule has 0 spiro atoms. The zero-order valence-electron chi connectivity index (χ0n) is 7.06. The van der Waals surface area contributed by atoms with Crippen LogP contribution in [-0.4, -0.2) is 25.1 Å². The van der Waals surface area contributed by atoms with Crippen LogP contribution < -0.4 is 5.32 Å². The zero-order chi connectivity index (χ0) is 8.85. The zero-order valence-corrected chi connectivity index (χ0v) is 7.81. The van der Waals surface area contributed by atoms with E-state index in [1.165, 1.54) is 7.11 Å². The van der Waals surface area contributed by atoms with Gasteiger partial charge in [-0.15, -0.1) is 11.6 Å². The molecule has 0 fully saturated rings. The summed E-state index contributed by atoms with van der Waals surface area (Å²) in [5, 5.41) is 2.82. The number of rotatable bonds is 4. The second-order valence-electron chi connectivity index (χ2n) is 2.58. The van der Waals surface area contributed by atoms with Gasteiger partial charge in [-0.2, -0.15) is 0 Å². The number of methoxy groups -OCH3 is 1. The molecule has 1 N–H and O–H groups in total. The summed E-state index contributed by atoms with van der Waals surface area (Å²) in [5.41, 5.74) is 0. The second-order valence-corrected chi connectivity index (χ2v) is 2.85. The lowest BCUT2D eigenvalue weighted by Gasteiger charge is -2.17. The Kier molecular flexibility index (Phi) is 5.24. The summed E-state index contributed by atoms with van der Waals surface area (Å²) in [6.07, 6.45) is 0. The molecule has 66 valence electrons. The first kappa shape index (κ1) is 10.7. The average molecular weight is 180 g/mol. The Morgan fingerprint density at radius 1 is 1.64 bits per heavy atom. The molecule has 0 aliphatic carbocycles. The van der Waals surface area contributed by atoms with E-state index in [2.05, 4.69) is 10.1 Å². The highest BCUT2D eigenvalue weighted by Crippen LogP contribution is 2.02. The molecule has 11 heavy (non-hydrogen) atoms. The number of halogens is 1. The first-order valence-electron chi connectivity index (χ1n) is 3.50. The molecule has 3 nitrogen and oxygen atoms in total. The number of carbonyl (C=O) groups excluding carboxylic acids is 1. The molecule has 0 rings (SSSR count). The van der Waals surface area contributed by atoms with E-state index in [0.717, 1.165) is 0 Å². The van der Waals surface area contributed by atoms with Crippen molar-refractivity contribution >= 4 is 17.6 Å². The Labute approximate surface area is 72.1 Å². The number of alkyl halides is 1. The van der Waals surface area contributed by atoms with E-state index in [4.69, 9.17) is 11.6 Å². The Balaban J connectivity index is 3.98. The monoisotopic (exact) mass is 179 g/mol. The van der Waals surface area contributed by atoms with E-state index < -0.39 is 0 Å². The highest BCUT2D eigenvalue weighted by molar-refractivity contribution is 6.17. The van der Waals surface area contributed by atoms with Gasteiger partial charge >= 0.3 is 5.97 Å². The maximum atomic E-state index is 11.0. The van der Waals surface area contributed by atoms with E-state index >= 15 is 0 Å². The average Bonchev–Trinajstić information content (AvgIpc) is 1.98. The quantitative estimate of drug-likeness (QED) is 0.397. The van der Waals surface area contributed by atoms with E-state index in [9.17, 15) is 4.79 Å². The molecule has 0 bridgehead atoms. The fraction of sp³-hybridized carbons (Fsp3) is 0.857. The molecule has 0 heterocycles. The number of nitrogens with one attached hydrogen (secondary N) is 1. The smallest absolute Gasteiger partial charge is 0.323 e. The molecule has 4 heteroatoms. The predicted molar refractivity (Wildman–Crippen MR) is 44.5 cm³/mol. The number of ether oxygens (including phenoxy) is 1. The van der Waals surface area contributed by atoms with Crippen LogP contribution in [0, 0.1) is 5.92 Å². The van der Waals surface area contributed by atoms with Crippen LogP contribution in [0.5, 0.6) is 0 Å². The molecule has 0 saturated heterocycles. The Hall–Kier alpha value is -0.280. The normalized spacial score (nSPS) is 13.2. The van der Waals surface area contributed by atoms with E-state index in [-0.39, 0.29) is 23.9 Å². The van der Waals surface area contributed by atoms with Crippen molar-refractivity contribution in [2.45, 2.75) is 19.9 Å². The minimum absolute atomic E-state index is 0.196. The van der Waals surface area contributed by atoms with Gasteiger partial charge in [-0.25, -0.2) is 0 Å². The molecule has 0 unspecified atom stereocenters. The molecule has 0 radical (unpaired) electrons. The minimum atomic E-state index is -0.294. The fourth-order valence-electron chi connectivity index (χ4n) is 0.801. The molecule has 0 aliphatic heterocycles. The van der Waals surface area contributed by atoms with E-state index in [1.54, 1.807) is 0 Å². The van der Waals surface area contributed by atoms with E-state index in [1.807, 2.05) is 13.8 Å². The van der Waals surface area contributed by atoms with Crippen molar-refractivity contribution < 1.29 is 9.53 Å². The van der Waals surface area contributed by atoms with Gasteiger partial charge < -0.3 is 4.74 Å². The number of hydrogen-bond donors (Lipinski definition) is 1. The predicted octanol–water partition coefficient (Wildman–Crippen LogP) is 0.970. The maximum Gasteiger partial charge on any atom is 0.323 e. The van der Waals surface area contributed by atoms with E-state index in [0.29, 0.717) is 0 Å². The standard InChI is InChI=1S/C7H14ClNO2/c1-5(2)6(9-4-8)7(10)11-3/h5-6,9H,4H2,1-3H3/t6-/m0/s1. The summed E-state index contributed by atoms with van der Waals surface area (Å²) in [6.45, 7) is 3.86. The Morgan fingerprint density at radius 3 is 2.45 bits per heavy atom. The van der Waals surface area contributed by atoms with Crippen LogP contribution in [-0.2, 0) is 9.53 Å². The van der Waals surface area contributed by atoms with Crippen molar-refractivity contribution in [1.82, 2.24) is 5.32 Å². The van der Waals surface area contributed by atoms with Crippen LogP contribution in [0.15, 0.2) is 0 Å². The molecule has 0 saturated carbocycles. The molecule has 0 aromatic heterocycles. The fourth-order valence-corrected chi connectivity index (χ4v) is 0.968. The van der Waals surface area contributed by atoms with Crippen molar-refractivity contribution in [2.24, 2.45) is 5.92 Å². The van der Waals surface area contributed by atoms with Crippen LogP contribution in [0.1, 0.15) is 13.8 Å². The third-order valence-corrected chi connectivity index (χ3v) is 1.57. The molecule has 0 aliphatic rings. The van der Waals surface area contributed by atoms with Gasteiger partial charge in [0.2, 0.25) is 0 Å². The molecule has 0 aromatic rings. The van der Waals surface area contributed by atoms with Crippen molar-refractivity contribution in [2.75, 3.05) is 13.1 Å². The van der Waals surface area contributed by atoms with Crippen molar-refractivity contribution in [3.05, 3.63) is 0 Å². The van der Waals surface area contributed by atoms with Gasteiger partial charge in [-0.1, -0.05) is 13.8 Å². The van der Waals surface area contributed by atoms with Crippen molar-refractivity contribution in [1.29, 1.82) is 0 Å².